The third-order valence-electron chi connectivity index (χ3n) is 2.77. The van der Waals surface area contributed by atoms with Crippen LogP contribution in [0.2, 0.25) is 0 Å². The molecule has 0 saturated carbocycles. The molecule has 0 fully saturated rings. The standard InChI is InChI=1S/C13H21N/c1-4-10(2)7-12-5-6-13(9-12)8-11(3)14/h5-6,10H,3-4,7-9,14H2,1-2H3. The van der Waals surface area contributed by atoms with Gasteiger partial charge in [-0.1, -0.05) is 50.1 Å². The van der Waals surface area contributed by atoms with Gasteiger partial charge in [0.2, 0.25) is 0 Å². The first-order valence-corrected chi connectivity index (χ1v) is 5.42. The second kappa shape index (κ2) is 5.04. The zero-order valence-electron chi connectivity index (χ0n) is 9.34. The highest BCUT2D eigenvalue weighted by atomic mass is 14.6. The Morgan fingerprint density at radius 1 is 1.50 bits per heavy atom. The molecule has 0 aliphatic heterocycles. The summed E-state index contributed by atoms with van der Waals surface area (Å²) in [5.41, 5.74) is 9.32. The normalized spacial score (nSPS) is 17.6. The molecule has 0 spiro atoms. The van der Waals surface area contributed by atoms with Crippen molar-refractivity contribution in [1.29, 1.82) is 0 Å². The van der Waals surface area contributed by atoms with Crippen molar-refractivity contribution in [3.8, 4) is 0 Å². The monoisotopic (exact) mass is 191 g/mol. The van der Waals surface area contributed by atoms with E-state index in [0.717, 1.165) is 24.5 Å². The van der Waals surface area contributed by atoms with Crippen molar-refractivity contribution in [3.63, 3.8) is 0 Å². The van der Waals surface area contributed by atoms with E-state index in [4.69, 9.17) is 5.73 Å². The van der Waals surface area contributed by atoms with Crippen molar-refractivity contribution < 1.29 is 0 Å². The fourth-order valence-electron chi connectivity index (χ4n) is 1.79. The summed E-state index contributed by atoms with van der Waals surface area (Å²) in [6.45, 7) is 8.29. The van der Waals surface area contributed by atoms with Crippen LogP contribution in [0.25, 0.3) is 0 Å². The summed E-state index contributed by atoms with van der Waals surface area (Å²) >= 11 is 0. The molecule has 1 nitrogen and oxygen atoms in total. The van der Waals surface area contributed by atoms with Crippen LogP contribution in [-0.2, 0) is 0 Å². The van der Waals surface area contributed by atoms with Gasteiger partial charge in [-0.05, 0) is 18.8 Å². The summed E-state index contributed by atoms with van der Waals surface area (Å²) in [5.74, 6) is 0.801. The molecule has 0 heterocycles. The maximum Gasteiger partial charge on any atom is 0.00798 e. The third kappa shape index (κ3) is 3.41. The van der Waals surface area contributed by atoms with E-state index in [1.807, 2.05) is 0 Å². The van der Waals surface area contributed by atoms with Crippen molar-refractivity contribution >= 4 is 0 Å². The van der Waals surface area contributed by atoms with Gasteiger partial charge in [0.1, 0.15) is 0 Å². The molecule has 0 aromatic carbocycles. The lowest BCUT2D eigenvalue weighted by atomic mass is 9.96. The van der Waals surface area contributed by atoms with Crippen LogP contribution in [0.15, 0.2) is 35.6 Å². The number of allylic oxidation sites excluding steroid dienone is 4. The minimum atomic E-state index is 0.773. The van der Waals surface area contributed by atoms with E-state index in [2.05, 4.69) is 32.6 Å². The van der Waals surface area contributed by atoms with Gasteiger partial charge in [-0.25, -0.2) is 0 Å². The Bertz CT molecular complexity index is 271. The Kier molecular flexibility index (Phi) is 3.99. The SMILES string of the molecule is C=C(N)CC1=CC=C(CC(C)CC)C1. The van der Waals surface area contributed by atoms with Crippen molar-refractivity contribution in [2.24, 2.45) is 11.7 Å². The second-order valence-electron chi connectivity index (χ2n) is 4.38. The van der Waals surface area contributed by atoms with Gasteiger partial charge in [0.15, 0.2) is 0 Å². The maximum atomic E-state index is 5.59. The maximum absolute atomic E-state index is 5.59. The van der Waals surface area contributed by atoms with Gasteiger partial charge in [0.25, 0.3) is 0 Å². The highest BCUT2D eigenvalue weighted by Gasteiger charge is 2.10. The summed E-state index contributed by atoms with van der Waals surface area (Å²) in [6, 6.07) is 0. The molecular formula is C13H21N. The topological polar surface area (TPSA) is 26.0 Å². The van der Waals surface area contributed by atoms with Gasteiger partial charge in [-0.3, -0.25) is 0 Å². The Hall–Kier alpha value is -0.980. The largest absolute Gasteiger partial charge is 0.402 e. The minimum absolute atomic E-state index is 0.773. The fraction of sp³-hybridized carbons (Fsp3) is 0.538. The molecule has 1 unspecified atom stereocenters. The van der Waals surface area contributed by atoms with Crippen LogP contribution in [0, 0.1) is 5.92 Å². The zero-order valence-corrected chi connectivity index (χ0v) is 9.34. The van der Waals surface area contributed by atoms with Gasteiger partial charge in [0.05, 0.1) is 0 Å². The first kappa shape index (κ1) is 11.1. The van der Waals surface area contributed by atoms with E-state index in [9.17, 15) is 0 Å². The van der Waals surface area contributed by atoms with Crippen molar-refractivity contribution in [2.75, 3.05) is 0 Å². The lowest BCUT2D eigenvalue weighted by Gasteiger charge is -2.10. The van der Waals surface area contributed by atoms with E-state index in [1.54, 1.807) is 5.57 Å². The Morgan fingerprint density at radius 3 is 2.71 bits per heavy atom. The first-order valence-electron chi connectivity index (χ1n) is 5.42. The van der Waals surface area contributed by atoms with Gasteiger partial charge < -0.3 is 5.73 Å². The summed E-state index contributed by atoms with van der Waals surface area (Å²) < 4.78 is 0. The van der Waals surface area contributed by atoms with E-state index in [-0.39, 0.29) is 0 Å². The molecule has 2 N–H and O–H groups in total. The predicted octanol–water partition coefficient (Wildman–Crippen LogP) is 3.54. The molecule has 78 valence electrons. The number of hydrogen-bond donors (Lipinski definition) is 1. The Morgan fingerprint density at radius 2 is 2.14 bits per heavy atom. The fourth-order valence-corrected chi connectivity index (χ4v) is 1.79. The molecule has 1 aliphatic rings. The summed E-state index contributed by atoms with van der Waals surface area (Å²) in [6.07, 6.45) is 8.92. The van der Waals surface area contributed by atoms with Crippen LogP contribution < -0.4 is 5.73 Å². The van der Waals surface area contributed by atoms with Crippen molar-refractivity contribution in [3.05, 3.63) is 35.6 Å². The summed E-state index contributed by atoms with van der Waals surface area (Å²) in [4.78, 5) is 0. The van der Waals surface area contributed by atoms with Gasteiger partial charge in [-0.15, -0.1) is 0 Å². The van der Waals surface area contributed by atoms with Crippen molar-refractivity contribution in [1.82, 2.24) is 0 Å². The molecule has 14 heavy (non-hydrogen) atoms. The molecule has 0 saturated heterocycles. The zero-order chi connectivity index (χ0) is 10.6. The van der Waals surface area contributed by atoms with E-state index in [1.165, 1.54) is 18.4 Å². The van der Waals surface area contributed by atoms with Crippen LogP contribution in [0.3, 0.4) is 0 Å². The number of rotatable bonds is 5. The molecule has 1 rings (SSSR count). The van der Waals surface area contributed by atoms with Crippen LogP contribution in [0.5, 0.6) is 0 Å². The quantitative estimate of drug-likeness (QED) is 0.706. The lowest BCUT2D eigenvalue weighted by molar-refractivity contribution is 0.552. The molecule has 0 aromatic heterocycles. The molecule has 0 bridgehead atoms. The molecule has 0 amide bonds. The van der Waals surface area contributed by atoms with Gasteiger partial charge in [-0.2, -0.15) is 0 Å². The first-order chi connectivity index (χ1) is 6.61. The Labute approximate surface area is 87.4 Å². The second-order valence-corrected chi connectivity index (χ2v) is 4.38. The van der Waals surface area contributed by atoms with E-state index >= 15 is 0 Å². The molecule has 0 radical (unpaired) electrons. The van der Waals surface area contributed by atoms with E-state index < -0.39 is 0 Å². The van der Waals surface area contributed by atoms with Crippen LogP contribution in [-0.4, -0.2) is 0 Å². The smallest absolute Gasteiger partial charge is 0.00798 e. The highest BCUT2D eigenvalue weighted by molar-refractivity contribution is 5.32. The van der Waals surface area contributed by atoms with Gasteiger partial charge >= 0.3 is 0 Å². The number of nitrogens with two attached hydrogens (primary N) is 1. The van der Waals surface area contributed by atoms with Crippen LogP contribution >= 0.6 is 0 Å². The average Bonchev–Trinajstić information content (AvgIpc) is 2.51. The summed E-state index contributed by atoms with van der Waals surface area (Å²) in [7, 11) is 0. The highest BCUT2D eigenvalue weighted by Crippen LogP contribution is 2.28. The Balaban J connectivity index is 2.34. The number of hydrogen-bond acceptors (Lipinski definition) is 1. The third-order valence-corrected chi connectivity index (χ3v) is 2.77. The molecular weight excluding hydrogens is 170 g/mol. The molecule has 1 heteroatoms. The minimum Gasteiger partial charge on any atom is -0.402 e. The van der Waals surface area contributed by atoms with Gasteiger partial charge in [0, 0.05) is 12.1 Å². The van der Waals surface area contributed by atoms with Crippen molar-refractivity contribution in [2.45, 2.75) is 39.5 Å². The molecule has 1 atom stereocenters. The molecule has 1 aliphatic carbocycles. The van der Waals surface area contributed by atoms with Crippen LogP contribution in [0.1, 0.15) is 39.5 Å². The predicted molar refractivity (Wildman–Crippen MR) is 62.8 cm³/mol. The average molecular weight is 191 g/mol. The molecule has 0 aromatic rings. The lowest BCUT2D eigenvalue weighted by Crippen LogP contribution is -1.97. The van der Waals surface area contributed by atoms with E-state index in [0.29, 0.717) is 0 Å². The van der Waals surface area contributed by atoms with Crippen LogP contribution in [0.4, 0.5) is 0 Å². The summed E-state index contributed by atoms with van der Waals surface area (Å²) in [5, 5.41) is 0.